The third-order valence-corrected chi connectivity index (χ3v) is 4.22. The minimum Gasteiger partial charge on any atom is -0.389 e. The van der Waals surface area contributed by atoms with Crippen LogP contribution in [0.5, 0.6) is 0 Å². The van der Waals surface area contributed by atoms with Crippen LogP contribution in [-0.4, -0.2) is 30.5 Å². The molecule has 0 aliphatic rings. The fourth-order valence-electron chi connectivity index (χ4n) is 3.05. The SMILES string of the molecule is CC(C)(O)Cn1cc(-c2ccc(-c3cncc4cccnc34)cc2)cn1. The summed E-state index contributed by atoms with van der Waals surface area (Å²) in [7, 11) is 0. The van der Waals surface area contributed by atoms with Crippen LogP contribution in [0.1, 0.15) is 13.8 Å². The molecule has 4 rings (SSSR count). The van der Waals surface area contributed by atoms with Crippen molar-refractivity contribution < 1.29 is 5.11 Å². The van der Waals surface area contributed by atoms with E-state index < -0.39 is 5.60 Å². The summed E-state index contributed by atoms with van der Waals surface area (Å²) in [6.07, 6.45) is 9.26. The van der Waals surface area contributed by atoms with Crippen LogP contribution in [0.4, 0.5) is 0 Å². The van der Waals surface area contributed by atoms with Gasteiger partial charge in [0.05, 0.1) is 23.9 Å². The van der Waals surface area contributed by atoms with Gasteiger partial charge in [0.15, 0.2) is 0 Å². The van der Waals surface area contributed by atoms with Gasteiger partial charge in [-0.3, -0.25) is 14.6 Å². The fraction of sp³-hybridized carbons (Fsp3) is 0.190. The van der Waals surface area contributed by atoms with E-state index in [1.807, 2.05) is 36.9 Å². The Kier molecular flexibility index (Phi) is 4.01. The van der Waals surface area contributed by atoms with Gasteiger partial charge in [0, 0.05) is 41.3 Å². The summed E-state index contributed by atoms with van der Waals surface area (Å²) in [5, 5.41) is 15.3. The van der Waals surface area contributed by atoms with E-state index >= 15 is 0 Å². The van der Waals surface area contributed by atoms with Crippen molar-refractivity contribution >= 4 is 10.9 Å². The first-order chi connectivity index (χ1) is 12.5. The Balaban J connectivity index is 1.65. The average Bonchev–Trinajstić information content (AvgIpc) is 3.08. The Bertz CT molecular complexity index is 1040. The largest absolute Gasteiger partial charge is 0.389 e. The molecule has 0 aliphatic carbocycles. The van der Waals surface area contributed by atoms with Crippen molar-refractivity contribution in [2.45, 2.75) is 26.0 Å². The first-order valence-electron chi connectivity index (χ1n) is 8.54. The van der Waals surface area contributed by atoms with Crippen molar-refractivity contribution in [3.63, 3.8) is 0 Å². The lowest BCUT2D eigenvalue weighted by atomic mass is 10.0. The van der Waals surface area contributed by atoms with Gasteiger partial charge in [0.25, 0.3) is 0 Å². The van der Waals surface area contributed by atoms with Gasteiger partial charge in [-0.2, -0.15) is 5.10 Å². The van der Waals surface area contributed by atoms with Gasteiger partial charge in [0.1, 0.15) is 0 Å². The Morgan fingerprint density at radius 2 is 1.73 bits per heavy atom. The van der Waals surface area contributed by atoms with E-state index in [0.29, 0.717) is 6.54 Å². The Hall–Kier alpha value is -3.05. The molecule has 0 unspecified atom stereocenters. The normalized spacial score (nSPS) is 11.8. The molecule has 0 atom stereocenters. The van der Waals surface area contributed by atoms with Crippen LogP contribution in [0.2, 0.25) is 0 Å². The van der Waals surface area contributed by atoms with Gasteiger partial charge in [-0.25, -0.2) is 0 Å². The second kappa shape index (κ2) is 6.35. The molecule has 1 N–H and O–H groups in total. The minimum absolute atomic E-state index is 0.457. The van der Waals surface area contributed by atoms with Gasteiger partial charge in [-0.15, -0.1) is 0 Å². The second-order valence-corrected chi connectivity index (χ2v) is 7.08. The predicted molar refractivity (Wildman–Crippen MR) is 102 cm³/mol. The summed E-state index contributed by atoms with van der Waals surface area (Å²) in [6, 6.07) is 12.2. The summed E-state index contributed by atoms with van der Waals surface area (Å²) in [6.45, 7) is 4.00. The van der Waals surface area contributed by atoms with Gasteiger partial charge < -0.3 is 5.11 Å². The molecule has 0 bridgehead atoms. The molecule has 3 heterocycles. The van der Waals surface area contributed by atoms with E-state index in [1.165, 1.54) is 0 Å². The molecule has 3 aromatic heterocycles. The van der Waals surface area contributed by atoms with Crippen LogP contribution in [0, 0.1) is 0 Å². The molecule has 5 heteroatoms. The molecule has 0 amide bonds. The molecular weight excluding hydrogens is 324 g/mol. The molecule has 130 valence electrons. The smallest absolute Gasteiger partial charge is 0.0811 e. The molecule has 0 saturated carbocycles. The van der Waals surface area contributed by atoms with Crippen molar-refractivity contribution in [2.24, 2.45) is 0 Å². The first-order valence-corrected chi connectivity index (χ1v) is 8.54. The Labute approximate surface area is 152 Å². The monoisotopic (exact) mass is 344 g/mol. The average molecular weight is 344 g/mol. The lowest BCUT2D eigenvalue weighted by molar-refractivity contribution is 0.0577. The maximum absolute atomic E-state index is 9.93. The van der Waals surface area contributed by atoms with Crippen LogP contribution in [0.25, 0.3) is 33.2 Å². The molecule has 4 aromatic rings. The number of aromatic nitrogens is 4. The second-order valence-electron chi connectivity index (χ2n) is 7.08. The third kappa shape index (κ3) is 3.34. The molecule has 26 heavy (non-hydrogen) atoms. The summed E-state index contributed by atoms with van der Waals surface area (Å²) >= 11 is 0. The van der Waals surface area contributed by atoms with E-state index in [0.717, 1.165) is 33.2 Å². The lowest BCUT2D eigenvalue weighted by Crippen LogP contribution is -2.26. The first kappa shape index (κ1) is 16.4. The van der Waals surface area contributed by atoms with E-state index in [1.54, 1.807) is 24.7 Å². The quantitative estimate of drug-likeness (QED) is 0.609. The van der Waals surface area contributed by atoms with Crippen molar-refractivity contribution in [3.8, 4) is 22.3 Å². The highest BCUT2D eigenvalue weighted by molar-refractivity contribution is 5.92. The van der Waals surface area contributed by atoms with Gasteiger partial charge in [0.2, 0.25) is 0 Å². The molecule has 0 saturated heterocycles. The lowest BCUT2D eigenvalue weighted by Gasteiger charge is -2.16. The highest BCUT2D eigenvalue weighted by Gasteiger charge is 2.14. The van der Waals surface area contributed by atoms with E-state index in [9.17, 15) is 5.11 Å². The number of rotatable bonds is 4. The van der Waals surface area contributed by atoms with Crippen LogP contribution < -0.4 is 0 Å². The summed E-state index contributed by atoms with van der Waals surface area (Å²) in [5.74, 6) is 0. The Morgan fingerprint density at radius 1 is 0.962 bits per heavy atom. The maximum atomic E-state index is 9.93. The summed E-state index contributed by atoms with van der Waals surface area (Å²) in [5.41, 5.74) is 4.36. The van der Waals surface area contributed by atoms with Gasteiger partial charge in [-0.1, -0.05) is 24.3 Å². The highest BCUT2D eigenvalue weighted by Crippen LogP contribution is 2.28. The number of benzene rings is 1. The highest BCUT2D eigenvalue weighted by atomic mass is 16.3. The number of fused-ring (bicyclic) bond motifs is 1. The van der Waals surface area contributed by atoms with Crippen LogP contribution in [0.15, 0.2) is 67.4 Å². The van der Waals surface area contributed by atoms with Crippen molar-refractivity contribution in [1.82, 2.24) is 19.7 Å². The molecule has 0 aliphatic heterocycles. The van der Waals surface area contributed by atoms with Crippen LogP contribution in [-0.2, 0) is 6.54 Å². The molecule has 0 fully saturated rings. The van der Waals surface area contributed by atoms with Crippen LogP contribution >= 0.6 is 0 Å². The summed E-state index contributed by atoms with van der Waals surface area (Å²) < 4.78 is 1.77. The zero-order valence-electron chi connectivity index (χ0n) is 14.8. The minimum atomic E-state index is -0.790. The zero-order valence-corrected chi connectivity index (χ0v) is 14.8. The van der Waals surface area contributed by atoms with Crippen molar-refractivity contribution in [1.29, 1.82) is 0 Å². The van der Waals surface area contributed by atoms with E-state index in [-0.39, 0.29) is 0 Å². The predicted octanol–water partition coefficient (Wildman–Crippen LogP) is 3.93. The Morgan fingerprint density at radius 3 is 2.50 bits per heavy atom. The third-order valence-electron chi connectivity index (χ3n) is 4.22. The van der Waals surface area contributed by atoms with Gasteiger partial charge in [-0.05, 0) is 37.1 Å². The van der Waals surface area contributed by atoms with E-state index in [2.05, 4.69) is 39.3 Å². The fourth-order valence-corrected chi connectivity index (χ4v) is 3.05. The molecule has 1 aromatic carbocycles. The topological polar surface area (TPSA) is 63.8 Å². The molecule has 0 radical (unpaired) electrons. The number of hydrogen-bond donors (Lipinski definition) is 1. The summed E-state index contributed by atoms with van der Waals surface area (Å²) in [4.78, 5) is 8.83. The van der Waals surface area contributed by atoms with Crippen LogP contribution in [0.3, 0.4) is 0 Å². The maximum Gasteiger partial charge on any atom is 0.0811 e. The molecule has 5 nitrogen and oxygen atoms in total. The number of nitrogens with zero attached hydrogens (tertiary/aromatic N) is 4. The number of hydrogen-bond acceptors (Lipinski definition) is 4. The van der Waals surface area contributed by atoms with E-state index in [4.69, 9.17) is 0 Å². The number of pyridine rings is 2. The molecule has 0 spiro atoms. The standard InChI is InChI=1S/C21H20N4O/c1-21(2,26)14-25-13-18(11-24-25)15-5-7-16(8-6-15)19-12-22-10-17-4-3-9-23-20(17)19/h3-13,26H,14H2,1-2H3. The van der Waals surface area contributed by atoms with Crippen molar-refractivity contribution in [3.05, 3.63) is 67.4 Å². The van der Waals surface area contributed by atoms with Gasteiger partial charge >= 0.3 is 0 Å². The number of aliphatic hydroxyl groups is 1. The zero-order chi connectivity index (χ0) is 18.1. The van der Waals surface area contributed by atoms with Crippen molar-refractivity contribution in [2.75, 3.05) is 0 Å². The molecular formula is C21H20N4O.